The number of hydrogen-bond donors (Lipinski definition) is 2. The standard InChI is InChI=1S/C14H18N2O/c15-9-4-3-5-10(8-9)16-14(17)13-11-6-1-2-7-12(11)13/h3-5,8,11-13H,1-2,6-7,15H2,(H,16,17). The van der Waals surface area contributed by atoms with Crippen LogP contribution >= 0.6 is 0 Å². The van der Waals surface area contributed by atoms with E-state index in [-0.39, 0.29) is 11.8 Å². The van der Waals surface area contributed by atoms with Gasteiger partial charge >= 0.3 is 0 Å². The first-order valence-corrected chi connectivity index (χ1v) is 6.42. The van der Waals surface area contributed by atoms with Crippen LogP contribution in [0.15, 0.2) is 24.3 Å². The molecule has 2 fully saturated rings. The van der Waals surface area contributed by atoms with Crippen LogP contribution < -0.4 is 11.1 Å². The summed E-state index contributed by atoms with van der Waals surface area (Å²) < 4.78 is 0. The number of hydrogen-bond acceptors (Lipinski definition) is 2. The van der Waals surface area contributed by atoms with Gasteiger partial charge in [-0.25, -0.2) is 0 Å². The van der Waals surface area contributed by atoms with E-state index >= 15 is 0 Å². The topological polar surface area (TPSA) is 55.1 Å². The van der Waals surface area contributed by atoms with Crippen LogP contribution in [0, 0.1) is 17.8 Å². The molecule has 1 aromatic rings. The Bertz CT molecular complexity index is 432. The number of benzene rings is 1. The normalized spacial score (nSPS) is 30.5. The van der Waals surface area contributed by atoms with Crippen LogP contribution in [0.5, 0.6) is 0 Å². The molecule has 2 saturated carbocycles. The number of amides is 1. The molecule has 0 aromatic heterocycles. The summed E-state index contributed by atoms with van der Waals surface area (Å²) >= 11 is 0. The van der Waals surface area contributed by atoms with Crippen molar-refractivity contribution in [1.29, 1.82) is 0 Å². The number of nitrogens with two attached hydrogens (primary N) is 1. The molecular weight excluding hydrogens is 212 g/mol. The van der Waals surface area contributed by atoms with Crippen LogP contribution in [0.2, 0.25) is 0 Å². The third-order valence-corrected chi connectivity index (χ3v) is 4.11. The summed E-state index contributed by atoms with van der Waals surface area (Å²) in [5, 5.41) is 2.98. The average Bonchev–Trinajstić information content (AvgIpc) is 3.03. The molecule has 2 atom stereocenters. The van der Waals surface area contributed by atoms with E-state index < -0.39 is 0 Å². The second kappa shape index (κ2) is 4.06. The van der Waals surface area contributed by atoms with Crippen molar-refractivity contribution in [3.05, 3.63) is 24.3 Å². The second-order valence-electron chi connectivity index (χ2n) is 5.25. The highest BCUT2D eigenvalue weighted by Crippen LogP contribution is 2.55. The van der Waals surface area contributed by atoms with E-state index in [4.69, 9.17) is 5.73 Å². The summed E-state index contributed by atoms with van der Waals surface area (Å²) in [7, 11) is 0. The zero-order valence-electron chi connectivity index (χ0n) is 9.86. The van der Waals surface area contributed by atoms with Gasteiger partial charge < -0.3 is 11.1 Å². The smallest absolute Gasteiger partial charge is 0.228 e. The lowest BCUT2D eigenvalue weighted by Crippen LogP contribution is -2.15. The van der Waals surface area contributed by atoms with Crippen molar-refractivity contribution in [2.45, 2.75) is 25.7 Å². The summed E-state index contributed by atoms with van der Waals surface area (Å²) in [4.78, 5) is 12.1. The van der Waals surface area contributed by atoms with E-state index in [1.165, 1.54) is 25.7 Å². The molecule has 2 aliphatic rings. The fraction of sp³-hybridized carbons (Fsp3) is 0.500. The molecule has 90 valence electrons. The summed E-state index contributed by atoms with van der Waals surface area (Å²) in [5.41, 5.74) is 7.20. The van der Waals surface area contributed by atoms with Gasteiger partial charge in [-0.15, -0.1) is 0 Å². The Labute approximate surface area is 101 Å². The van der Waals surface area contributed by atoms with Gasteiger partial charge in [-0.05, 0) is 42.9 Å². The molecule has 0 heterocycles. The van der Waals surface area contributed by atoms with Crippen LogP contribution in [-0.2, 0) is 4.79 Å². The number of fused-ring (bicyclic) bond motifs is 1. The highest BCUT2D eigenvalue weighted by Gasteiger charge is 2.54. The first-order valence-electron chi connectivity index (χ1n) is 6.42. The van der Waals surface area contributed by atoms with Gasteiger partial charge in [0.25, 0.3) is 0 Å². The molecule has 3 heteroatoms. The molecule has 1 aromatic carbocycles. The van der Waals surface area contributed by atoms with Gasteiger partial charge in [0.05, 0.1) is 0 Å². The maximum atomic E-state index is 12.1. The lowest BCUT2D eigenvalue weighted by atomic mass is 10.0. The Kier molecular flexibility index (Phi) is 2.54. The Morgan fingerprint density at radius 2 is 1.94 bits per heavy atom. The molecule has 3 nitrogen and oxygen atoms in total. The van der Waals surface area contributed by atoms with Gasteiger partial charge in [0.2, 0.25) is 5.91 Å². The monoisotopic (exact) mass is 230 g/mol. The molecule has 0 radical (unpaired) electrons. The first kappa shape index (κ1) is 10.6. The maximum absolute atomic E-state index is 12.1. The number of anilines is 2. The first-order chi connectivity index (χ1) is 8.25. The van der Waals surface area contributed by atoms with E-state index in [1.54, 1.807) is 0 Å². The third-order valence-electron chi connectivity index (χ3n) is 4.11. The van der Waals surface area contributed by atoms with E-state index in [0.29, 0.717) is 17.5 Å². The minimum absolute atomic E-state index is 0.188. The van der Waals surface area contributed by atoms with Crippen molar-refractivity contribution < 1.29 is 4.79 Å². The lowest BCUT2D eigenvalue weighted by molar-refractivity contribution is -0.117. The van der Waals surface area contributed by atoms with Gasteiger partial charge in [-0.3, -0.25) is 4.79 Å². The highest BCUT2D eigenvalue weighted by atomic mass is 16.2. The predicted octanol–water partition coefficient (Wildman–Crippen LogP) is 2.64. The van der Waals surface area contributed by atoms with E-state index in [2.05, 4.69) is 5.32 Å². The number of carbonyl (C=O) groups excluding carboxylic acids is 1. The Morgan fingerprint density at radius 1 is 1.24 bits per heavy atom. The second-order valence-corrected chi connectivity index (χ2v) is 5.25. The highest BCUT2D eigenvalue weighted by molar-refractivity contribution is 5.95. The van der Waals surface area contributed by atoms with E-state index in [9.17, 15) is 4.79 Å². The summed E-state index contributed by atoms with van der Waals surface area (Å²) in [6, 6.07) is 7.39. The van der Waals surface area contributed by atoms with Crippen molar-refractivity contribution in [3.63, 3.8) is 0 Å². The average molecular weight is 230 g/mol. The molecule has 2 aliphatic carbocycles. The Morgan fingerprint density at radius 3 is 2.59 bits per heavy atom. The van der Waals surface area contributed by atoms with Crippen LogP contribution in [0.25, 0.3) is 0 Å². The fourth-order valence-corrected chi connectivity index (χ4v) is 3.22. The van der Waals surface area contributed by atoms with Gasteiger partial charge in [0.15, 0.2) is 0 Å². The van der Waals surface area contributed by atoms with Crippen molar-refractivity contribution >= 4 is 17.3 Å². The number of nitrogen functional groups attached to an aromatic ring is 1. The molecule has 0 aliphatic heterocycles. The van der Waals surface area contributed by atoms with Gasteiger partial charge in [0.1, 0.15) is 0 Å². The molecule has 0 saturated heterocycles. The zero-order valence-corrected chi connectivity index (χ0v) is 9.86. The summed E-state index contributed by atoms with van der Waals surface area (Å²) in [5.74, 6) is 1.76. The molecule has 3 rings (SSSR count). The SMILES string of the molecule is Nc1cccc(NC(=O)C2C3CCCCC32)c1. The quantitative estimate of drug-likeness (QED) is 0.767. The van der Waals surface area contributed by atoms with Crippen LogP contribution in [0.4, 0.5) is 11.4 Å². The number of carbonyl (C=O) groups is 1. The molecule has 2 unspecified atom stereocenters. The Balaban J connectivity index is 1.64. The van der Waals surface area contributed by atoms with Crippen molar-refractivity contribution in [2.24, 2.45) is 17.8 Å². The third kappa shape index (κ3) is 2.02. The van der Waals surface area contributed by atoms with Crippen molar-refractivity contribution in [2.75, 3.05) is 11.1 Å². The van der Waals surface area contributed by atoms with Crippen LogP contribution in [0.1, 0.15) is 25.7 Å². The minimum Gasteiger partial charge on any atom is -0.399 e. The Hall–Kier alpha value is -1.51. The van der Waals surface area contributed by atoms with Crippen LogP contribution in [0.3, 0.4) is 0 Å². The van der Waals surface area contributed by atoms with E-state index in [0.717, 1.165) is 5.69 Å². The lowest BCUT2D eigenvalue weighted by Gasteiger charge is -2.05. The maximum Gasteiger partial charge on any atom is 0.228 e. The summed E-state index contributed by atoms with van der Waals surface area (Å²) in [6.07, 6.45) is 5.06. The van der Waals surface area contributed by atoms with Gasteiger partial charge in [-0.1, -0.05) is 18.9 Å². The zero-order chi connectivity index (χ0) is 11.8. The fourth-order valence-electron chi connectivity index (χ4n) is 3.22. The molecule has 17 heavy (non-hydrogen) atoms. The van der Waals surface area contributed by atoms with E-state index in [1.807, 2.05) is 24.3 Å². The molecule has 3 N–H and O–H groups in total. The number of rotatable bonds is 2. The van der Waals surface area contributed by atoms with Crippen molar-refractivity contribution in [1.82, 2.24) is 0 Å². The largest absolute Gasteiger partial charge is 0.399 e. The molecule has 0 bridgehead atoms. The number of nitrogens with one attached hydrogen (secondary N) is 1. The van der Waals surface area contributed by atoms with Gasteiger partial charge in [0, 0.05) is 17.3 Å². The van der Waals surface area contributed by atoms with Crippen molar-refractivity contribution in [3.8, 4) is 0 Å². The molecule has 0 spiro atoms. The summed E-state index contributed by atoms with van der Waals surface area (Å²) in [6.45, 7) is 0. The van der Waals surface area contributed by atoms with Gasteiger partial charge in [-0.2, -0.15) is 0 Å². The minimum atomic E-state index is 0.188. The molecule has 1 amide bonds. The van der Waals surface area contributed by atoms with Crippen LogP contribution in [-0.4, -0.2) is 5.91 Å². The predicted molar refractivity (Wildman–Crippen MR) is 68.4 cm³/mol. The molecular formula is C14H18N2O.